The van der Waals surface area contributed by atoms with E-state index in [4.69, 9.17) is 14.2 Å². The number of ether oxygens (including phenoxy) is 3. The summed E-state index contributed by atoms with van der Waals surface area (Å²) in [7, 11) is 0. The van der Waals surface area contributed by atoms with Crippen LogP contribution in [0.15, 0.2) is 25.3 Å². The molecule has 6 unspecified atom stereocenters. The third-order valence-corrected chi connectivity index (χ3v) is 9.24. The molecule has 3 aliphatic rings. The molecule has 0 aromatic rings. The van der Waals surface area contributed by atoms with Crippen molar-refractivity contribution in [2.75, 3.05) is 19.8 Å². The Hall–Kier alpha value is -1.76. The molecule has 6 atom stereocenters. The molecular weight excluding hydrogens is 490 g/mol. The van der Waals surface area contributed by atoms with Crippen LogP contribution in [0.1, 0.15) is 89.9 Å². The van der Waals surface area contributed by atoms with Crippen LogP contribution in [0.25, 0.3) is 0 Å². The van der Waals surface area contributed by atoms with Gasteiger partial charge in [0, 0.05) is 12.2 Å². The number of halogens is 2. The van der Waals surface area contributed by atoms with Crippen molar-refractivity contribution in [2.24, 2.45) is 29.6 Å². The average Bonchev–Trinajstić information content (AvgIpc) is 2.93. The van der Waals surface area contributed by atoms with Gasteiger partial charge in [0.15, 0.2) is 0 Å². The summed E-state index contributed by atoms with van der Waals surface area (Å²) >= 11 is 0. The minimum Gasteiger partial charge on any atom is -0.463 e. The summed E-state index contributed by atoms with van der Waals surface area (Å²) in [6.07, 6.45) is 13.4. The van der Waals surface area contributed by atoms with Crippen LogP contribution >= 0.6 is 0 Å². The normalized spacial score (nSPS) is 33.7. The number of carbonyl (C=O) groups is 2. The summed E-state index contributed by atoms with van der Waals surface area (Å²) in [6, 6.07) is 0. The van der Waals surface area contributed by atoms with Crippen molar-refractivity contribution in [3.05, 3.63) is 25.3 Å². The van der Waals surface area contributed by atoms with Crippen LogP contribution in [-0.2, 0) is 23.8 Å². The van der Waals surface area contributed by atoms with Gasteiger partial charge in [-0.05, 0) is 100 Å². The fourth-order valence-corrected chi connectivity index (χ4v) is 7.15. The van der Waals surface area contributed by atoms with Crippen molar-refractivity contribution < 1.29 is 32.6 Å². The largest absolute Gasteiger partial charge is 0.463 e. The van der Waals surface area contributed by atoms with Gasteiger partial charge in [-0.3, -0.25) is 0 Å². The van der Waals surface area contributed by atoms with E-state index in [1.807, 2.05) is 0 Å². The van der Waals surface area contributed by atoms with Gasteiger partial charge in [0.1, 0.15) is 19.0 Å². The van der Waals surface area contributed by atoms with Gasteiger partial charge in [-0.2, -0.15) is 0 Å². The van der Waals surface area contributed by atoms with Crippen LogP contribution < -0.4 is 0 Å². The average molecular weight is 539 g/mol. The predicted molar refractivity (Wildman–Crippen MR) is 144 cm³/mol. The molecule has 216 valence electrons. The highest BCUT2D eigenvalue weighted by Gasteiger charge is 2.42. The van der Waals surface area contributed by atoms with E-state index in [1.54, 1.807) is 0 Å². The summed E-state index contributed by atoms with van der Waals surface area (Å²) in [5.41, 5.74) is 0. The van der Waals surface area contributed by atoms with Gasteiger partial charge in [0.05, 0.1) is 19.3 Å². The maximum Gasteiger partial charge on any atom is 0.330 e. The van der Waals surface area contributed by atoms with Gasteiger partial charge < -0.3 is 14.2 Å². The highest BCUT2D eigenvalue weighted by molar-refractivity contribution is 5.81. The molecule has 0 amide bonds. The lowest BCUT2D eigenvalue weighted by Gasteiger charge is -2.44. The SMILES string of the molecule is C=CC(=O)OCCCCCC1CCC(C2CCC(C3CCC(OCCOC(=O)C=C)CC3)C(F)C2)C(F)C1. The smallest absolute Gasteiger partial charge is 0.330 e. The molecule has 5 nitrogen and oxygen atoms in total. The molecule has 0 heterocycles. The second-order valence-electron chi connectivity index (χ2n) is 11.6. The second-order valence-corrected chi connectivity index (χ2v) is 11.6. The minimum absolute atomic E-state index is 0.0168. The van der Waals surface area contributed by atoms with Gasteiger partial charge in [0.25, 0.3) is 0 Å². The third kappa shape index (κ3) is 9.77. The Morgan fingerprint density at radius 1 is 0.684 bits per heavy atom. The van der Waals surface area contributed by atoms with Crippen molar-refractivity contribution in [1.29, 1.82) is 0 Å². The molecule has 0 spiro atoms. The quantitative estimate of drug-likeness (QED) is 0.134. The predicted octanol–water partition coefficient (Wildman–Crippen LogP) is 7.09. The summed E-state index contributed by atoms with van der Waals surface area (Å²) in [5.74, 6) is 0.278. The van der Waals surface area contributed by atoms with E-state index >= 15 is 8.78 Å². The van der Waals surface area contributed by atoms with Crippen molar-refractivity contribution in [3.8, 4) is 0 Å². The molecule has 0 aromatic heterocycles. The van der Waals surface area contributed by atoms with Crippen LogP contribution in [0, 0.1) is 29.6 Å². The fourth-order valence-electron chi connectivity index (χ4n) is 7.15. The van der Waals surface area contributed by atoms with Crippen LogP contribution in [0.5, 0.6) is 0 Å². The van der Waals surface area contributed by atoms with Gasteiger partial charge in [-0.25, -0.2) is 18.4 Å². The lowest BCUT2D eigenvalue weighted by molar-refractivity contribution is -0.140. The van der Waals surface area contributed by atoms with E-state index in [0.717, 1.165) is 83.1 Å². The maximum atomic E-state index is 15.4. The summed E-state index contributed by atoms with van der Waals surface area (Å²) in [5, 5.41) is 0. The number of carbonyl (C=O) groups excluding carboxylic acids is 2. The molecule has 3 fully saturated rings. The first-order valence-corrected chi connectivity index (χ1v) is 14.9. The molecule has 38 heavy (non-hydrogen) atoms. The number of rotatable bonds is 14. The first-order valence-electron chi connectivity index (χ1n) is 14.9. The first-order chi connectivity index (χ1) is 18.4. The minimum atomic E-state index is -0.824. The molecule has 3 rings (SSSR count). The summed E-state index contributed by atoms with van der Waals surface area (Å²) in [6.45, 7) is 7.78. The molecule has 0 aromatic carbocycles. The van der Waals surface area contributed by atoms with E-state index in [9.17, 15) is 9.59 Å². The zero-order valence-corrected chi connectivity index (χ0v) is 23.0. The zero-order chi connectivity index (χ0) is 27.3. The number of hydrogen-bond acceptors (Lipinski definition) is 5. The standard InChI is InChI=1S/C31H48F2O5/c1-3-30(34)37-17-7-5-6-8-22-9-15-27(28(32)20-22)24-12-16-26(29(33)21-24)23-10-13-25(14-11-23)36-18-19-38-31(35)4-2/h3-4,22-29H,1-2,5-21H2. The van der Waals surface area contributed by atoms with E-state index in [0.29, 0.717) is 37.9 Å². The van der Waals surface area contributed by atoms with E-state index in [2.05, 4.69) is 13.2 Å². The van der Waals surface area contributed by atoms with Gasteiger partial charge in [0.2, 0.25) is 0 Å². The first kappa shape index (κ1) is 30.8. The van der Waals surface area contributed by atoms with Crippen molar-refractivity contribution in [2.45, 2.75) is 108 Å². The molecule has 0 N–H and O–H groups in total. The molecular formula is C31H48F2O5. The summed E-state index contributed by atoms with van der Waals surface area (Å²) in [4.78, 5) is 22.2. The van der Waals surface area contributed by atoms with Crippen molar-refractivity contribution in [1.82, 2.24) is 0 Å². The molecule has 0 radical (unpaired) electrons. The second kappa shape index (κ2) is 16.4. The molecule has 3 aliphatic carbocycles. The van der Waals surface area contributed by atoms with E-state index in [1.165, 1.54) is 6.08 Å². The Morgan fingerprint density at radius 3 is 1.95 bits per heavy atom. The molecule has 0 bridgehead atoms. The molecule has 3 saturated carbocycles. The van der Waals surface area contributed by atoms with Gasteiger partial charge in [-0.1, -0.05) is 32.4 Å². The molecule has 7 heteroatoms. The molecule has 0 saturated heterocycles. The highest BCUT2D eigenvalue weighted by atomic mass is 19.1. The highest BCUT2D eigenvalue weighted by Crippen LogP contribution is 2.47. The number of esters is 2. The van der Waals surface area contributed by atoms with Gasteiger partial charge in [-0.15, -0.1) is 0 Å². The Bertz CT molecular complexity index is 751. The third-order valence-electron chi connectivity index (χ3n) is 9.24. The van der Waals surface area contributed by atoms with Crippen LogP contribution in [0.2, 0.25) is 0 Å². The lowest BCUT2D eigenvalue weighted by Crippen LogP contribution is -2.40. The topological polar surface area (TPSA) is 61.8 Å². The summed E-state index contributed by atoms with van der Waals surface area (Å²) < 4.78 is 46.4. The van der Waals surface area contributed by atoms with E-state index < -0.39 is 18.3 Å². The van der Waals surface area contributed by atoms with Gasteiger partial charge >= 0.3 is 11.9 Å². The van der Waals surface area contributed by atoms with E-state index in [-0.39, 0.29) is 36.4 Å². The maximum absolute atomic E-state index is 15.4. The monoisotopic (exact) mass is 538 g/mol. The Labute approximate surface area is 227 Å². The van der Waals surface area contributed by atoms with Crippen molar-refractivity contribution >= 4 is 11.9 Å². The Balaban J connectivity index is 1.30. The Kier molecular flexibility index (Phi) is 13.3. The number of hydrogen-bond donors (Lipinski definition) is 0. The number of alkyl halides is 2. The Morgan fingerprint density at radius 2 is 1.29 bits per heavy atom. The number of unbranched alkanes of at least 4 members (excludes halogenated alkanes) is 2. The van der Waals surface area contributed by atoms with Crippen LogP contribution in [-0.4, -0.2) is 50.2 Å². The zero-order valence-electron chi connectivity index (χ0n) is 23.0. The fraction of sp³-hybridized carbons (Fsp3) is 0.806. The lowest BCUT2D eigenvalue weighted by atomic mass is 9.64. The van der Waals surface area contributed by atoms with Crippen LogP contribution in [0.4, 0.5) is 8.78 Å². The van der Waals surface area contributed by atoms with Crippen LogP contribution in [0.3, 0.4) is 0 Å². The van der Waals surface area contributed by atoms with Crippen molar-refractivity contribution in [3.63, 3.8) is 0 Å². The molecule has 0 aliphatic heterocycles.